The molecule has 0 saturated carbocycles. The summed E-state index contributed by atoms with van der Waals surface area (Å²) < 4.78 is 21.9. The highest BCUT2D eigenvalue weighted by atomic mass is 31.1. The number of unbranched alkanes of at least 4 members (excludes halogenated alkanes) is 7. The summed E-state index contributed by atoms with van der Waals surface area (Å²) in [6.45, 7) is 10.1. The monoisotopic (exact) mass is 376 g/mol. The van der Waals surface area contributed by atoms with Gasteiger partial charge >= 0.3 is 8.25 Å². The Morgan fingerprint density at radius 2 is 1.56 bits per heavy atom. The zero-order valence-electron chi connectivity index (χ0n) is 16.3. The molecule has 1 atom stereocenters. The molecule has 1 amide bonds. The van der Waals surface area contributed by atoms with Gasteiger partial charge in [-0.2, -0.15) is 0 Å². The molecule has 0 N–H and O–H groups in total. The van der Waals surface area contributed by atoms with E-state index in [-0.39, 0.29) is 5.91 Å². The Hall–Kier alpha value is -0.810. The van der Waals surface area contributed by atoms with Crippen molar-refractivity contribution in [1.82, 2.24) is 5.06 Å². The lowest BCUT2D eigenvalue weighted by molar-refractivity contribution is -0.170. The second-order valence-corrected chi connectivity index (χ2v) is 7.80. The molecule has 0 aromatic carbocycles. The van der Waals surface area contributed by atoms with E-state index in [2.05, 4.69) is 6.58 Å². The van der Waals surface area contributed by atoms with E-state index in [1.807, 2.05) is 20.8 Å². The molecule has 0 bridgehead atoms. The Morgan fingerprint density at radius 1 is 1.04 bits per heavy atom. The van der Waals surface area contributed by atoms with Crippen LogP contribution >= 0.6 is 8.25 Å². The van der Waals surface area contributed by atoms with Crippen molar-refractivity contribution < 1.29 is 23.2 Å². The van der Waals surface area contributed by atoms with Crippen LogP contribution in [0.15, 0.2) is 12.7 Å². The molecule has 6 nitrogen and oxygen atoms in total. The third-order valence-corrected chi connectivity index (χ3v) is 4.53. The van der Waals surface area contributed by atoms with Crippen molar-refractivity contribution in [2.24, 2.45) is 0 Å². The predicted molar refractivity (Wildman–Crippen MR) is 100 cm³/mol. The first-order valence-electron chi connectivity index (χ1n) is 9.07. The van der Waals surface area contributed by atoms with Crippen LogP contribution in [0.3, 0.4) is 0 Å². The number of rotatable bonds is 15. The van der Waals surface area contributed by atoms with E-state index in [0.29, 0.717) is 13.2 Å². The fourth-order valence-electron chi connectivity index (χ4n) is 2.20. The summed E-state index contributed by atoms with van der Waals surface area (Å²) in [6.07, 6.45) is 9.93. The van der Waals surface area contributed by atoms with Crippen LogP contribution in [0.5, 0.6) is 0 Å². The van der Waals surface area contributed by atoms with Crippen LogP contribution in [0, 0.1) is 0 Å². The highest BCUT2D eigenvalue weighted by Crippen LogP contribution is 2.31. The van der Waals surface area contributed by atoms with Crippen molar-refractivity contribution in [3.8, 4) is 0 Å². The number of carbonyl (C=O) groups is 1. The molecule has 0 radical (unpaired) electrons. The Morgan fingerprint density at radius 3 is 2.04 bits per heavy atom. The molecular formula is C18H35NO5P+. The molecule has 146 valence electrons. The Kier molecular flexibility index (Phi) is 13.9. The lowest BCUT2D eigenvalue weighted by Crippen LogP contribution is -2.29. The minimum Gasteiger partial charge on any atom is -0.274 e. The van der Waals surface area contributed by atoms with Crippen molar-refractivity contribution in [3.63, 3.8) is 0 Å². The molecule has 0 saturated heterocycles. The standard InChI is InChI=1S/C18H35NO5P/c1-6-17(20)19(22-5)15-13-11-9-7-8-10-12-14-16-23-25(21)24-18(2,3)4/h6H,1,7-16H2,2-5H3/q+1. The van der Waals surface area contributed by atoms with Crippen molar-refractivity contribution >= 4 is 14.2 Å². The summed E-state index contributed by atoms with van der Waals surface area (Å²) >= 11 is 0. The van der Waals surface area contributed by atoms with Gasteiger partial charge in [-0.25, -0.2) is 5.06 Å². The van der Waals surface area contributed by atoms with Gasteiger partial charge in [0.1, 0.15) is 12.2 Å². The zero-order valence-corrected chi connectivity index (χ0v) is 17.2. The van der Waals surface area contributed by atoms with Crippen LogP contribution in [0.2, 0.25) is 0 Å². The van der Waals surface area contributed by atoms with E-state index in [9.17, 15) is 9.36 Å². The van der Waals surface area contributed by atoms with E-state index >= 15 is 0 Å². The van der Waals surface area contributed by atoms with Gasteiger partial charge in [-0.15, -0.1) is 9.05 Å². The molecule has 0 aliphatic heterocycles. The molecule has 1 unspecified atom stereocenters. The molecule has 0 spiro atoms. The number of nitrogens with zero attached hydrogens (tertiary/aromatic N) is 1. The smallest absolute Gasteiger partial charge is 0.274 e. The summed E-state index contributed by atoms with van der Waals surface area (Å²) in [4.78, 5) is 16.4. The predicted octanol–water partition coefficient (Wildman–Crippen LogP) is 5.17. The van der Waals surface area contributed by atoms with Crippen LogP contribution in [-0.2, 0) is 23.2 Å². The van der Waals surface area contributed by atoms with Crippen molar-refractivity contribution in [2.45, 2.75) is 77.7 Å². The number of carbonyl (C=O) groups excluding carboxylic acids is 1. The fraction of sp³-hybridized carbons (Fsp3) is 0.833. The molecule has 0 fully saturated rings. The van der Waals surface area contributed by atoms with Crippen molar-refractivity contribution in [3.05, 3.63) is 12.7 Å². The number of amides is 1. The minimum atomic E-state index is -2.01. The molecular weight excluding hydrogens is 341 g/mol. The molecule has 0 aliphatic rings. The number of hydrogen-bond donors (Lipinski definition) is 0. The van der Waals surface area contributed by atoms with Crippen LogP contribution < -0.4 is 0 Å². The SMILES string of the molecule is C=CC(=O)N(CCCCCCCCCCO[P+](=O)OC(C)(C)C)OC. The largest absolute Gasteiger partial charge is 0.697 e. The normalized spacial score (nSPS) is 12.1. The second kappa shape index (κ2) is 14.4. The zero-order chi connectivity index (χ0) is 19.1. The third kappa shape index (κ3) is 15.2. The molecule has 0 heterocycles. The molecule has 0 aromatic rings. The summed E-state index contributed by atoms with van der Waals surface area (Å²) in [5.74, 6) is -0.195. The van der Waals surface area contributed by atoms with Gasteiger partial charge in [0.15, 0.2) is 0 Å². The first-order valence-corrected chi connectivity index (χ1v) is 10.2. The molecule has 0 aliphatic carbocycles. The average Bonchev–Trinajstić information content (AvgIpc) is 2.53. The molecule has 0 aromatic heterocycles. The van der Waals surface area contributed by atoms with Crippen molar-refractivity contribution in [1.29, 1.82) is 0 Å². The minimum absolute atomic E-state index is 0.195. The van der Waals surface area contributed by atoms with Crippen LogP contribution in [0.4, 0.5) is 0 Å². The first kappa shape index (κ1) is 24.2. The molecule has 7 heteroatoms. The maximum Gasteiger partial charge on any atom is 0.697 e. The van der Waals surface area contributed by atoms with E-state index in [0.717, 1.165) is 38.5 Å². The van der Waals surface area contributed by atoms with E-state index in [1.165, 1.54) is 31.1 Å². The maximum absolute atomic E-state index is 11.5. The highest BCUT2D eigenvalue weighted by Gasteiger charge is 2.29. The summed E-state index contributed by atoms with van der Waals surface area (Å²) in [5.41, 5.74) is -0.438. The van der Waals surface area contributed by atoms with Gasteiger partial charge in [0, 0.05) is 11.1 Å². The summed E-state index contributed by atoms with van der Waals surface area (Å²) in [7, 11) is -0.514. The van der Waals surface area contributed by atoms with Gasteiger partial charge in [-0.3, -0.25) is 9.63 Å². The lowest BCUT2D eigenvalue weighted by Gasteiger charge is -2.17. The lowest BCUT2D eigenvalue weighted by atomic mass is 10.1. The van der Waals surface area contributed by atoms with Gasteiger partial charge in [0.2, 0.25) is 0 Å². The Labute approximate surface area is 153 Å². The van der Waals surface area contributed by atoms with Crippen LogP contribution in [0.25, 0.3) is 0 Å². The first-order chi connectivity index (χ1) is 11.8. The fourth-order valence-corrected chi connectivity index (χ4v) is 2.98. The van der Waals surface area contributed by atoms with Crippen LogP contribution in [-0.4, -0.2) is 36.8 Å². The van der Waals surface area contributed by atoms with Gasteiger partial charge in [0.05, 0.1) is 7.11 Å². The van der Waals surface area contributed by atoms with E-state index < -0.39 is 13.9 Å². The van der Waals surface area contributed by atoms with E-state index in [4.69, 9.17) is 13.9 Å². The maximum atomic E-state index is 11.5. The second-order valence-electron chi connectivity index (χ2n) is 6.92. The van der Waals surface area contributed by atoms with Crippen molar-refractivity contribution in [2.75, 3.05) is 20.3 Å². The number of hydroxylamine groups is 2. The highest BCUT2D eigenvalue weighted by molar-refractivity contribution is 7.33. The topological polar surface area (TPSA) is 65.1 Å². The van der Waals surface area contributed by atoms with Gasteiger partial charge < -0.3 is 0 Å². The Bertz CT molecular complexity index is 395. The third-order valence-electron chi connectivity index (χ3n) is 3.44. The van der Waals surface area contributed by atoms with Gasteiger partial charge in [-0.05, 0) is 39.7 Å². The van der Waals surface area contributed by atoms with Crippen LogP contribution in [0.1, 0.15) is 72.1 Å². The molecule has 0 rings (SSSR count). The Balaban J connectivity index is 3.41. The average molecular weight is 376 g/mol. The quantitative estimate of drug-likeness (QED) is 0.171. The summed E-state index contributed by atoms with van der Waals surface area (Å²) in [6, 6.07) is 0. The van der Waals surface area contributed by atoms with Gasteiger partial charge in [-0.1, -0.05) is 45.1 Å². The van der Waals surface area contributed by atoms with Gasteiger partial charge in [0.25, 0.3) is 5.91 Å². The van der Waals surface area contributed by atoms with E-state index in [1.54, 1.807) is 0 Å². The number of hydrogen-bond acceptors (Lipinski definition) is 5. The summed E-state index contributed by atoms with van der Waals surface area (Å²) in [5, 5.41) is 1.33. The molecule has 25 heavy (non-hydrogen) atoms.